The van der Waals surface area contributed by atoms with Crippen LogP contribution in [0.15, 0.2) is 147 Å². The number of hydrogen-bond donors (Lipinski definition) is 3. The molecule has 3 N–H and O–H groups in total. The first kappa shape index (κ1) is 56.4. The van der Waals surface area contributed by atoms with Gasteiger partial charge in [-0.25, -0.2) is 27.4 Å². The van der Waals surface area contributed by atoms with E-state index in [9.17, 15) is 34.3 Å². The van der Waals surface area contributed by atoms with Crippen LogP contribution in [-0.4, -0.2) is 62.1 Å². The number of nitrogens with zero attached hydrogens (tertiary/aromatic N) is 6. The number of carbonyl (C=O) groups is 4. The molecule has 14 nitrogen and oxygen atoms in total. The van der Waals surface area contributed by atoms with Gasteiger partial charge in [-0.3, -0.25) is 19.2 Å². The molecule has 0 aliphatic rings. The Morgan fingerprint density at radius 1 is 0.527 bits per heavy atom. The molecule has 74 heavy (non-hydrogen) atoms. The first-order chi connectivity index (χ1) is 35.7. The molecular weight excluding hydrogens is 930 g/mol. The van der Waals surface area contributed by atoms with E-state index in [0.29, 0.717) is 94.7 Å². The minimum Gasteiger partial charge on any atom is -0.537 e. The molecule has 0 saturated carbocycles. The number of benzene rings is 2. The first-order valence-corrected chi connectivity index (χ1v) is 25.9. The highest BCUT2D eigenvalue weighted by atomic mass is 16.5. The van der Waals surface area contributed by atoms with Gasteiger partial charge in [0, 0.05) is 73.9 Å². The number of unbranched alkanes of at least 4 members (excludes halogenated alkanes) is 4. The van der Waals surface area contributed by atoms with Crippen molar-refractivity contribution in [2.45, 2.75) is 143 Å². The molecule has 6 rings (SSSR count). The van der Waals surface area contributed by atoms with Crippen molar-refractivity contribution in [2.24, 2.45) is 0 Å². The Kier molecular flexibility index (Phi) is 22.2. The Bertz CT molecular complexity index is 2840. The van der Waals surface area contributed by atoms with Crippen molar-refractivity contribution >= 4 is 43.4 Å². The molecule has 0 atom stereocenters. The van der Waals surface area contributed by atoms with Crippen molar-refractivity contribution < 1.29 is 57.2 Å². The Morgan fingerprint density at radius 3 is 1.30 bits per heavy atom. The third kappa shape index (κ3) is 19.2. The second-order valence-corrected chi connectivity index (χ2v) is 19.6. The summed E-state index contributed by atoms with van der Waals surface area (Å²) in [6.45, 7) is 14.6. The van der Waals surface area contributed by atoms with Gasteiger partial charge in [-0.15, -0.1) is 0 Å². The summed E-state index contributed by atoms with van der Waals surface area (Å²) in [4.78, 5) is 48.3. The normalized spacial score (nSPS) is 11.1. The van der Waals surface area contributed by atoms with E-state index < -0.39 is 7.12 Å². The van der Waals surface area contributed by atoms with Crippen LogP contribution in [0.4, 0.5) is 0 Å². The molecule has 385 valence electrons. The molecule has 0 spiro atoms. The maximum Gasteiger partial charge on any atom is 0.569 e. The number of imidazole rings is 2. The van der Waals surface area contributed by atoms with Gasteiger partial charge in [-0.1, -0.05) is 38.1 Å². The van der Waals surface area contributed by atoms with Crippen molar-refractivity contribution in [3.05, 3.63) is 169 Å². The molecule has 0 bridgehead atoms. The van der Waals surface area contributed by atoms with E-state index in [1.165, 1.54) is 0 Å². The summed E-state index contributed by atoms with van der Waals surface area (Å²) in [7, 11) is -0.914. The predicted molar refractivity (Wildman–Crippen MR) is 284 cm³/mol. The summed E-state index contributed by atoms with van der Waals surface area (Å²) < 4.78 is 17.9. The largest absolute Gasteiger partial charge is 0.569 e. The SMILES string of the molecule is C=C(C)C(=O)CCCCCC(=O)CCCn1cc[n+](Cc2cc(C[n+]3ccc(-c4cc[n+](Cc5cc(C[n+]6ccn(CCCC(=O)CCCCCC(=O)C(=C)C)c6)cc(B(O)O)c5)cc4)cc3)cc(O[B]O)c2)c1. The fourth-order valence-electron chi connectivity index (χ4n) is 9.01. The van der Waals surface area contributed by atoms with E-state index in [0.717, 1.165) is 97.8 Å². The van der Waals surface area contributed by atoms with Gasteiger partial charge in [0.25, 0.3) is 0 Å². The highest BCUT2D eigenvalue weighted by Gasteiger charge is 2.18. The van der Waals surface area contributed by atoms with Gasteiger partial charge in [0.15, 0.2) is 49.4 Å². The number of pyridine rings is 2. The van der Waals surface area contributed by atoms with E-state index in [-0.39, 0.29) is 23.1 Å². The molecule has 0 fully saturated rings. The number of hydrogen-bond acceptors (Lipinski definition) is 8. The zero-order chi connectivity index (χ0) is 52.8. The van der Waals surface area contributed by atoms with Crippen LogP contribution in [0.5, 0.6) is 5.75 Å². The maximum atomic E-state index is 12.5. The molecule has 4 heterocycles. The summed E-state index contributed by atoms with van der Waals surface area (Å²) in [6.07, 6.45) is 29.7. The van der Waals surface area contributed by atoms with E-state index in [1.54, 1.807) is 13.8 Å². The fourth-order valence-corrected chi connectivity index (χ4v) is 9.01. The lowest BCUT2D eigenvalue weighted by atomic mass is 9.78. The predicted octanol–water partition coefficient (Wildman–Crippen LogP) is 5.77. The molecule has 1 radical (unpaired) electrons. The third-order valence-electron chi connectivity index (χ3n) is 13.1. The maximum absolute atomic E-state index is 12.5. The average molecular weight is 1000 g/mol. The molecule has 0 aliphatic carbocycles. The van der Waals surface area contributed by atoms with Crippen LogP contribution >= 0.6 is 0 Å². The lowest BCUT2D eigenvalue weighted by molar-refractivity contribution is -0.689. The molecule has 2 aromatic carbocycles. The summed E-state index contributed by atoms with van der Waals surface area (Å²) in [5.41, 5.74) is 7.60. The Morgan fingerprint density at radius 2 is 0.905 bits per heavy atom. The van der Waals surface area contributed by atoms with Crippen LogP contribution in [0.25, 0.3) is 11.1 Å². The second kappa shape index (κ2) is 29.1. The second-order valence-electron chi connectivity index (χ2n) is 19.6. The van der Waals surface area contributed by atoms with Gasteiger partial charge in [-0.05, 0) is 116 Å². The topological polar surface area (TPSA) is 164 Å². The summed E-state index contributed by atoms with van der Waals surface area (Å²) in [5.74, 6) is 1.23. The number of rotatable bonds is 34. The standard InChI is InChI=1S/C58H73B2N6O8/c1-45(2)57(69)17-9-5-7-13-54(67)15-11-23-63-29-31-65(43-63)41-48-33-47(35-53(36-48)60(72)73)39-61-25-19-51(20-26-61)52-21-27-62(28-22-52)40-49-34-50(38-56(37-49)74-59-71)42-66-32-30-64(44-66)24-12-16-55(68)14-8-6-10-18-58(70)46(3)4/h19-22,25-38,43-44,71-73H,1,3,5-18,23-24,39-42H2,2,4H3/q+4. The number of allylic oxidation sites excluding steroid dienone is 2. The van der Waals surface area contributed by atoms with Crippen LogP contribution in [0.3, 0.4) is 0 Å². The van der Waals surface area contributed by atoms with Crippen LogP contribution in [0.2, 0.25) is 0 Å². The molecule has 0 amide bonds. The molecule has 0 unspecified atom stereocenters. The Balaban J connectivity index is 0.968. The van der Waals surface area contributed by atoms with Gasteiger partial charge < -0.3 is 19.7 Å². The number of aryl methyl sites for hydroxylation is 2. The van der Waals surface area contributed by atoms with Crippen molar-refractivity contribution in [3.63, 3.8) is 0 Å². The minimum atomic E-state index is -1.61. The zero-order valence-electron chi connectivity index (χ0n) is 43.3. The summed E-state index contributed by atoms with van der Waals surface area (Å²) >= 11 is 0. The van der Waals surface area contributed by atoms with Gasteiger partial charge >= 0.3 is 14.8 Å². The van der Waals surface area contributed by atoms with Gasteiger partial charge in [0.05, 0.1) is 13.1 Å². The minimum absolute atomic E-state index is 0.0951. The van der Waals surface area contributed by atoms with Crippen LogP contribution in [-0.2, 0) is 58.4 Å². The van der Waals surface area contributed by atoms with E-state index in [2.05, 4.69) is 72.4 Å². The van der Waals surface area contributed by atoms with Crippen LogP contribution in [0, 0.1) is 0 Å². The summed E-state index contributed by atoms with van der Waals surface area (Å²) in [5, 5.41) is 29.8. The average Bonchev–Trinajstić information content (AvgIpc) is 4.02. The van der Waals surface area contributed by atoms with Crippen molar-refractivity contribution in [2.75, 3.05) is 0 Å². The Hall–Kier alpha value is -6.87. The highest BCUT2D eigenvalue weighted by molar-refractivity contribution is 6.58. The first-order valence-electron chi connectivity index (χ1n) is 25.9. The highest BCUT2D eigenvalue weighted by Crippen LogP contribution is 2.20. The van der Waals surface area contributed by atoms with Crippen molar-refractivity contribution in [1.29, 1.82) is 0 Å². The van der Waals surface area contributed by atoms with Gasteiger partial charge in [0.2, 0.25) is 12.7 Å². The van der Waals surface area contributed by atoms with E-state index >= 15 is 0 Å². The third-order valence-corrected chi connectivity index (χ3v) is 13.1. The molecule has 0 saturated heterocycles. The Labute approximate surface area is 437 Å². The van der Waals surface area contributed by atoms with Gasteiger partial charge in [-0.2, -0.15) is 0 Å². The van der Waals surface area contributed by atoms with Crippen molar-refractivity contribution in [1.82, 2.24) is 9.13 Å². The fraction of sp³-hybridized carbons (Fsp3) is 0.379. The molecular formula is C58H73B2N6O8+4. The summed E-state index contributed by atoms with van der Waals surface area (Å²) in [6, 6.07) is 20.0. The lowest BCUT2D eigenvalue weighted by Crippen LogP contribution is -2.37. The van der Waals surface area contributed by atoms with Gasteiger partial charge in [0.1, 0.15) is 55.2 Å². The van der Waals surface area contributed by atoms with Crippen molar-refractivity contribution in [3.8, 4) is 16.9 Å². The number of Topliss-reactive ketones (excluding diaryl/α,β-unsaturated/α-hetero) is 4. The number of ketones is 4. The smallest absolute Gasteiger partial charge is 0.537 e. The lowest BCUT2D eigenvalue weighted by Gasteiger charge is -2.08. The molecule has 4 aromatic heterocycles. The van der Waals surface area contributed by atoms with E-state index in [4.69, 9.17) is 4.65 Å². The monoisotopic (exact) mass is 1000 g/mol. The number of aromatic nitrogens is 6. The molecule has 6 aromatic rings. The molecule has 16 heteroatoms. The van der Waals surface area contributed by atoms with Crippen LogP contribution in [0.1, 0.15) is 126 Å². The quantitative estimate of drug-likeness (QED) is 0.0199. The number of carbonyl (C=O) groups excluding carboxylic acids is 4. The van der Waals surface area contributed by atoms with E-state index in [1.807, 2.05) is 91.1 Å². The van der Waals surface area contributed by atoms with Crippen LogP contribution < -0.4 is 28.4 Å². The zero-order valence-corrected chi connectivity index (χ0v) is 43.3. The molecule has 0 aliphatic heterocycles.